The summed E-state index contributed by atoms with van der Waals surface area (Å²) < 4.78 is 18.9. The first-order valence-electron chi connectivity index (χ1n) is 7.56. The van der Waals surface area contributed by atoms with Gasteiger partial charge in [-0.25, -0.2) is 4.39 Å². The number of halogens is 1. The minimum Gasteiger partial charge on any atom is -0.493 e. The molecule has 4 nitrogen and oxygen atoms in total. The molecule has 1 aliphatic heterocycles. The van der Waals surface area contributed by atoms with Crippen LogP contribution < -0.4 is 10.1 Å². The fraction of sp³-hybridized carbons (Fsp3) is 0.562. The van der Waals surface area contributed by atoms with Crippen molar-refractivity contribution in [2.45, 2.75) is 44.2 Å². The first kappa shape index (κ1) is 14.3. The molecule has 1 amide bonds. The summed E-state index contributed by atoms with van der Waals surface area (Å²) in [5.74, 6) is -0.267. The number of benzene rings is 1. The van der Waals surface area contributed by atoms with Crippen molar-refractivity contribution in [2.24, 2.45) is 5.92 Å². The van der Waals surface area contributed by atoms with Gasteiger partial charge < -0.3 is 15.2 Å². The maximum atomic E-state index is 13.3. The minimum absolute atomic E-state index is 0.109. The van der Waals surface area contributed by atoms with Crippen LogP contribution in [0.25, 0.3) is 0 Å². The van der Waals surface area contributed by atoms with Gasteiger partial charge in [0.25, 0.3) is 0 Å². The fourth-order valence-corrected chi connectivity index (χ4v) is 3.22. The number of hydrogen-bond donors (Lipinski definition) is 2. The van der Waals surface area contributed by atoms with Crippen LogP contribution in [-0.2, 0) is 4.79 Å². The normalized spacial score (nSPS) is 28.4. The average Bonchev–Trinajstić information content (AvgIpc) is 2.79. The van der Waals surface area contributed by atoms with Gasteiger partial charge in [0, 0.05) is 11.6 Å². The molecule has 114 valence electrons. The second-order valence-corrected chi connectivity index (χ2v) is 5.84. The molecule has 21 heavy (non-hydrogen) atoms. The van der Waals surface area contributed by atoms with Gasteiger partial charge in [-0.15, -0.1) is 0 Å². The summed E-state index contributed by atoms with van der Waals surface area (Å²) in [7, 11) is 0. The summed E-state index contributed by atoms with van der Waals surface area (Å²) in [6.45, 7) is 0.523. The number of aliphatic hydroxyl groups excluding tert-OH is 1. The first-order valence-corrected chi connectivity index (χ1v) is 7.56. The Kier molecular flexibility index (Phi) is 4.10. The Morgan fingerprint density at radius 2 is 2.14 bits per heavy atom. The van der Waals surface area contributed by atoms with E-state index in [2.05, 4.69) is 5.32 Å². The number of nitrogens with one attached hydrogen (secondary N) is 1. The monoisotopic (exact) mass is 293 g/mol. The van der Waals surface area contributed by atoms with Gasteiger partial charge in [-0.3, -0.25) is 4.79 Å². The molecule has 0 radical (unpaired) electrons. The predicted molar refractivity (Wildman–Crippen MR) is 75.4 cm³/mol. The van der Waals surface area contributed by atoms with Crippen LogP contribution in [0.15, 0.2) is 18.2 Å². The molecule has 0 saturated heterocycles. The van der Waals surface area contributed by atoms with Gasteiger partial charge in [-0.1, -0.05) is 6.07 Å². The van der Waals surface area contributed by atoms with E-state index in [4.69, 9.17) is 4.74 Å². The van der Waals surface area contributed by atoms with Crippen molar-refractivity contribution in [3.8, 4) is 5.75 Å². The van der Waals surface area contributed by atoms with Crippen molar-refractivity contribution in [1.29, 1.82) is 0 Å². The second kappa shape index (κ2) is 6.02. The number of aliphatic hydroxyl groups is 1. The van der Waals surface area contributed by atoms with E-state index >= 15 is 0 Å². The lowest BCUT2D eigenvalue weighted by atomic mass is 9.99. The number of hydrogen-bond acceptors (Lipinski definition) is 3. The molecule has 0 aromatic heterocycles. The van der Waals surface area contributed by atoms with Crippen molar-refractivity contribution < 1.29 is 19.0 Å². The zero-order valence-corrected chi connectivity index (χ0v) is 11.8. The molecule has 1 aromatic carbocycles. The minimum atomic E-state index is -0.542. The van der Waals surface area contributed by atoms with Crippen LogP contribution in [0.3, 0.4) is 0 Å². The van der Waals surface area contributed by atoms with E-state index in [0.29, 0.717) is 18.8 Å². The molecule has 3 unspecified atom stereocenters. The maximum Gasteiger partial charge on any atom is 0.226 e. The fourth-order valence-electron chi connectivity index (χ4n) is 3.22. The third-order valence-electron chi connectivity index (χ3n) is 4.38. The molecule has 1 fully saturated rings. The molecule has 1 aliphatic carbocycles. The molecule has 2 N–H and O–H groups in total. The average molecular weight is 293 g/mol. The van der Waals surface area contributed by atoms with E-state index in [9.17, 15) is 14.3 Å². The van der Waals surface area contributed by atoms with E-state index in [1.165, 1.54) is 12.1 Å². The Labute approximate surface area is 123 Å². The van der Waals surface area contributed by atoms with Crippen LogP contribution >= 0.6 is 0 Å². The molecule has 0 bridgehead atoms. The lowest BCUT2D eigenvalue weighted by Crippen LogP contribution is -2.37. The molecule has 1 heterocycles. The van der Waals surface area contributed by atoms with E-state index < -0.39 is 6.10 Å². The molecule has 5 heteroatoms. The summed E-state index contributed by atoms with van der Waals surface area (Å²) in [4.78, 5) is 12.3. The van der Waals surface area contributed by atoms with Crippen molar-refractivity contribution in [3.05, 3.63) is 29.6 Å². The number of fused-ring (bicyclic) bond motifs is 1. The van der Waals surface area contributed by atoms with Gasteiger partial charge in [0.05, 0.1) is 24.7 Å². The van der Waals surface area contributed by atoms with Crippen LogP contribution in [-0.4, -0.2) is 23.7 Å². The molecule has 3 atom stereocenters. The summed E-state index contributed by atoms with van der Waals surface area (Å²) in [6, 6.07) is 4.25. The maximum absolute atomic E-state index is 13.3. The molecule has 0 spiro atoms. The highest BCUT2D eigenvalue weighted by Crippen LogP contribution is 2.33. The topological polar surface area (TPSA) is 58.6 Å². The van der Waals surface area contributed by atoms with E-state index in [-0.39, 0.29) is 23.7 Å². The Morgan fingerprint density at radius 1 is 1.29 bits per heavy atom. The third-order valence-corrected chi connectivity index (χ3v) is 4.38. The SMILES string of the molecule is O=C(NC1CCCOc2cc(F)ccc21)C1CCCC1O. The Balaban J connectivity index is 1.77. The first-order chi connectivity index (χ1) is 10.1. The van der Waals surface area contributed by atoms with Gasteiger partial charge in [-0.05, 0) is 38.2 Å². The molecular formula is C16H20FNO3. The lowest BCUT2D eigenvalue weighted by molar-refractivity contribution is -0.128. The van der Waals surface area contributed by atoms with Gasteiger partial charge in [0.2, 0.25) is 5.91 Å². The van der Waals surface area contributed by atoms with Gasteiger partial charge in [0.1, 0.15) is 11.6 Å². The summed E-state index contributed by atoms with van der Waals surface area (Å²) in [6.07, 6.45) is 3.32. The van der Waals surface area contributed by atoms with Crippen molar-refractivity contribution in [1.82, 2.24) is 5.32 Å². The summed E-state index contributed by atoms with van der Waals surface area (Å²) in [5.41, 5.74) is 0.815. The lowest BCUT2D eigenvalue weighted by Gasteiger charge is -2.22. The Bertz CT molecular complexity index is 534. The summed E-state index contributed by atoms with van der Waals surface area (Å²) in [5, 5.41) is 12.8. The highest BCUT2D eigenvalue weighted by molar-refractivity contribution is 5.80. The van der Waals surface area contributed by atoms with E-state index in [1.807, 2.05) is 0 Å². The van der Waals surface area contributed by atoms with Crippen molar-refractivity contribution in [3.63, 3.8) is 0 Å². The van der Waals surface area contributed by atoms with E-state index in [0.717, 1.165) is 31.2 Å². The molecule has 2 aliphatic rings. The highest BCUT2D eigenvalue weighted by atomic mass is 19.1. The van der Waals surface area contributed by atoms with Crippen LogP contribution in [0.5, 0.6) is 5.75 Å². The zero-order valence-electron chi connectivity index (χ0n) is 11.8. The quantitative estimate of drug-likeness (QED) is 0.880. The van der Waals surface area contributed by atoms with Crippen molar-refractivity contribution >= 4 is 5.91 Å². The summed E-state index contributed by atoms with van der Waals surface area (Å²) >= 11 is 0. The number of amides is 1. The standard InChI is InChI=1S/C16H20FNO3/c17-10-6-7-11-13(4-2-8-21-15(11)9-10)18-16(20)12-3-1-5-14(12)19/h6-7,9,12-14,19H,1-5,8H2,(H,18,20). The van der Waals surface area contributed by atoms with Gasteiger partial charge >= 0.3 is 0 Å². The molecule has 1 aromatic rings. The molecular weight excluding hydrogens is 273 g/mol. The molecule has 1 saturated carbocycles. The van der Waals surface area contributed by atoms with Crippen LogP contribution in [0.4, 0.5) is 4.39 Å². The van der Waals surface area contributed by atoms with Crippen LogP contribution in [0.2, 0.25) is 0 Å². The van der Waals surface area contributed by atoms with Gasteiger partial charge in [-0.2, -0.15) is 0 Å². The van der Waals surface area contributed by atoms with E-state index in [1.54, 1.807) is 6.07 Å². The zero-order chi connectivity index (χ0) is 14.8. The molecule has 3 rings (SSSR count). The smallest absolute Gasteiger partial charge is 0.226 e. The number of ether oxygens (including phenoxy) is 1. The Hall–Kier alpha value is -1.62. The second-order valence-electron chi connectivity index (χ2n) is 5.84. The number of carbonyl (C=O) groups is 1. The predicted octanol–water partition coefficient (Wildman–Crippen LogP) is 2.32. The van der Waals surface area contributed by atoms with Crippen LogP contribution in [0, 0.1) is 11.7 Å². The Morgan fingerprint density at radius 3 is 2.90 bits per heavy atom. The largest absolute Gasteiger partial charge is 0.493 e. The third kappa shape index (κ3) is 3.02. The number of rotatable bonds is 2. The highest BCUT2D eigenvalue weighted by Gasteiger charge is 2.33. The van der Waals surface area contributed by atoms with Gasteiger partial charge in [0.15, 0.2) is 0 Å². The number of carbonyl (C=O) groups excluding carboxylic acids is 1. The van der Waals surface area contributed by atoms with Crippen molar-refractivity contribution in [2.75, 3.05) is 6.61 Å². The van der Waals surface area contributed by atoms with Crippen LogP contribution in [0.1, 0.15) is 43.7 Å².